The Balaban J connectivity index is 2.31. The quantitative estimate of drug-likeness (QED) is 0.784. The largest absolute Gasteiger partial charge is 0.325 e. The summed E-state index contributed by atoms with van der Waals surface area (Å²) in [5.41, 5.74) is 9.47. The monoisotopic (exact) mass is 281 g/mol. The van der Waals surface area contributed by atoms with Crippen LogP contribution in [0.1, 0.15) is 26.5 Å². The van der Waals surface area contributed by atoms with Gasteiger partial charge in [0.1, 0.15) is 11.3 Å². The Kier molecular flexibility index (Phi) is 3.22. The fraction of sp³-hybridized carbons (Fsp3) is 0.312. The van der Waals surface area contributed by atoms with Gasteiger partial charge in [-0.2, -0.15) is 0 Å². The number of hydrogen-bond acceptors (Lipinski definition) is 4. The van der Waals surface area contributed by atoms with E-state index in [1.165, 1.54) is 0 Å². The summed E-state index contributed by atoms with van der Waals surface area (Å²) >= 11 is 0. The van der Waals surface area contributed by atoms with Gasteiger partial charge < -0.3 is 10.3 Å². The third kappa shape index (κ3) is 2.40. The van der Waals surface area contributed by atoms with E-state index in [9.17, 15) is 0 Å². The second-order valence-electron chi connectivity index (χ2n) is 6.05. The molecule has 0 aromatic carbocycles. The van der Waals surface area contributed by atoms with Crippen molar-refractivity contribution in [2.45, 2.75) is 32.9 Å². The van der Waals surface area contributed by atoms with E-state index >= 15 is 0 Å². The minimum atomic E-state index is -0.0857. The molecule has 0 aliphatic heterocycles. The average Bonchev–Trinajstić information content (AvgIpc) is 2.86. The molecule has 3 heterocycles. The first-order valence-electron chi connectivity index (χ1n) is 6.99. The van der Waals surface area contributed by atoms with Crippen molar-refractivity contribution in [3.05, 3.63) is 42.5 Å². The van der Waals surface area contributed by atoms with Gasteiger partial charge in [0.2, 0.25) is 0 Å². The van der Waals surface area contributed by atoms with Gasteiger partial charge in [-0.25, -0.2) is 4.98 Å². The topological polar surface area (TPSA) is 69.6 Å². The maximum Gasteiger partial charge on any atom is 0.141 e. The molecule has 0 bridgehead atoms. The molecule has 3 rings (SSSR count). The highest BCUT2D eigenvalue weighted by atomic mass is 15.1. The summed E-state index contributed by atoms with van der Waals surface area (Å²) in [6, 6.07) is 5.97. The molecule has 2 N–H and O–H groups in total. The number of hydrogen-bond donors (Lipinski definition) is 1. The molecule has 3 aromatic rings. The van der Waals surface area contributed by atoms with Crippen molar-refractivity contribution in [1.29, 1.82) is 0 Å². The third-order valence-electron chi connectivity index (χ3n) is 3.41. The molecule has 3 aromatic heterocycles. The van der Waals surface area contributed by atoms with E-state index in [1.807, 2.05) is 18.2 Å². The lowest BCUT2D eigenvalue weighted by atomic mass is 10.1. The van der Waals surface area contributed by atoms with Gasteiger partial charge in [-0.05, 0) is 39.0 Å². The maximum atomic E-state index is 5.70. The molecular formula is C16H19N5. The average molecular weight is 281 g/mol. The zero-order chi connectivity index (χ0) is 15.0. The second kappa shape index (κ2) is 4.93. The number of pyridine rings is 2. The number of imidazole rings is 1. The van der Waals surface area contributed by atoms with E-state index in [0.717, 1.165) is 28.1 Å². The summed E-state index contributed by atoms with van der Waals surface area (Å²) in [6.07, 6.45) is 5.38. The van der Waals surface area contributed by atoms with Gasteiger partial charge in [0.15, 0.2) is 0 Å². The van der Waals surface area contributed by atoms with Crippen LogP contribution >= 0.6 is 0 Å². The molecule has 0 saturated carbocycles. The van der Waals surface area contributed by atoms with Crippen molar-refractivity contribution in [2.75, 3.05) is 0 Å². The van der Waals surface area contributed by atoms with Gasteiger partial charge in [0.25, 0.3) is 0 Å². The first-order valence-corrected chi connectivity index (χ1v) is 6.99. The van der Waals surface area contributed by atoms with Crippen LogP contribution in [0.2, 0.25) is 0 Å². The maximum absolute atomic E-state index is 5.70. The predicted molar refractivity (Wildman–Crippen MR) is 83.6 cm³/mol. The molecule has 0 saturated heterocycles. The van der Waals surface area contributed by atoms with E-state index in [4.69, 9.17) is 10.7 Å². The lowest BCUT2D eigenvalue weighted by Crippen LogP contribution is -2.22. The molecule has 0 amide bonds. The van der Waals surface area contributed by atoms with Crippen LogP contribution in [0.15, 0.2) is 36.8 Å². The van der Waals surface area contributed by atoms with Crippen LogP contribution in [0.25, 0.3) is 22.4 Å². The van der Waals surface area contributed by atoms with Gasteiger partial charge in [-0.3, -0.25) is 9.97 Å². The number of aromatic nitrogens is 4. The SMILES string of the molecule is CC(C)(C)n1c(-c2ccnc(CN)c2)nc2cnccc21. The van der Waals surface area contributed by atoms with Crippen molar-refractivity contribution in [3.63, 3.8) is 0 Å². The molecular weight excluding hydrogens is 262 g/mol. The predicted octanol–water partition coefficient (Wildman–Crippen LogP) is 2.71. The van der Waals surface area contributed by atoms with Crippen molar-refractivity contribution >= 4 is 11.0 Å². The minimum Gasteiger partial charge on any atom is -0.325 e. The van der Waals surface area contributed by atoms with E-state index < -0.39 is 0 Å². The summed E-state index contributed by atoms with van der Waals surface area (Å²) in [7, 11) is 0. The highest BCUT2D eigenvalue weighted by Crippen LogP contribution is 2.30. The molecule has 0 aliphatic carbocycles. The molecule has 0 atom stereocenters. The van der Waals surface area contributed by atoms with E-state index in [0.29, 0.717) is 6.54 Å². The van der Waals surface area contributed by atoms with E-state index in [-0.39, 0.29) is 5.54 Å². The van der Waals surface area contributed by atoms with Gasteiger partial charge >= 0.3 is 0 Å². The van der Waals surface area contributed by atoms with Crippen LogP contribution < -0.4 is 5.73 Å². The highest BCUT2D eigenvalue weighted by molar-refractivity contribution is 5.80. The highest BCUT2D eigenvalue weighted by Gasteiger charge is 2.22. The summed E-state index contributed by atoms with van der Waals surface area (Å²) in [5.74, 6) is 0.919. The second-order valence-corrected chi connectivity index (χ2v) is 6.05. The van der Waals surface area contributed by atoms with Crippen molar-refractivity contribution in [2.24, 2.45) is 5.73 Å². The smallest absolute Gasteiger partial charge is 0.141 e. The third-order valence-corrected chi connectivity index (χ3v) is 3.41. The fourth-order valence-corrected chi connectivity index (χ4v) is 2.53. The zero-order valence-corrected chi connectivity index (χ0v) is 12.5. The first-order chi connectivity index (χ1) is 10.0. The minimum absolute atomic E-state index is 0.0857. The van der Waals surface area contributed by atoms with Crippen molar-refractivity contribution < 1.29 is 0 Å². The Bertz CT molecular complexity index is 783. The lowest BCUT2D eigenvalue weighted by molar-refractivity contribution is 0.413. The molecule has 5 heteroatoms. The van der Waals surface area contributed by atoms with Crippen LogP contribution in [0.5, 0.6) is 0 Å². The van der Waals surface area contributed by atoms with Crippen LogP contribution in [-0.2, 0) is 12.1 Å². The molecule has 21 heavy (non-hydrogen) atoms. The molecule has 0 fully saturated rings. The Morgan fingerprint density at radius 3 is 2.71 bits per heavy atom. The summed E-state index contributed by atoms with van der Waals surface area (Å²) in [4.78, 5) is 13.2. The summed E-state index contributed by atoms with van der Waals surface area (Å²) in [5, 5.41) is 0. The summed E-state index contributed by atoms with van der Waals surface area (Å²) < 4.78 is 2.24. The molecule has 0 unspecified atom stereocenters. The first kappa shape index (κ1) is 13.7. The molecule has 0 radical (unpaired) electrons. The van der Waals surface area contributed by atoms with E-state index in [1.54, 1.807) is 18.6 Å². The zero-order valence-electron chi connectivity index (χ0n) is 12.5. The molecule has 0 aliphatic rings. The van der Waals surface area contributed by atoms with Gasteiger partial charge in [0.05, 0.1) is 17.4 Å². The number of nitrogens with two attached hydrogens (primary N) is 1. The Morgan fingerprint density at radius 2 is 2.00 bits per heavy atom. The van der Waals surface area contributed by atoms with Gasteiger partial charge in [-0.15, -0.1) is 0 Å². The fourth-order valence-electron chi connectivity index (χ4n) is 2.53. The van der Waals surface area contributed by atoms with Gasteiger partial charge in [-0.1, -0.05) is 0 Å². The van der Waals surface area contributed by atoms with Crippen molar-refractivity contribution in [3.8, 4) is 11.4 Å². The van der Waals surface area contributed by atoms with Crippen LogP contribution in [0, 0.1) is 0 Å². The molecule has 5 nitrogen and oxygen atoms in total. The van der Waals surface area contributed by atoms with E-state index in [2.05, 4.69) is 35.3 Å². The number of fused-ring (bicyclic) bond motifs is 1. The Morgan fingerprint density at radius 1 is 1.19 bits per heavy atom. The van der Waals surface area contributed by atoms with Gasteiger partial charge in [0, 0.05) is 30.0 Å². The van der Waals surface area contributed by atoms with Crippen LogP contribution in [0.4, 0.5) is 0 Å². The number of rotatable bonds is 2. The van der Waals surface area contributed by atoms with Crippen molar-refractivity contribution in [1.82, 2.24) is 19.5 Å². The number of nitrogens with zero attached hydrogens (tertiary/aromatic N) is 4. The Hall–Kier alpha value is -2.27. The standard InChI is InChI=1S/C16H19N5/c1-16(2,3)21-14-5-6-18-10-13(14)20-15(21)11-4-7-19-12(8-11)9-17/h4-8,10H,9,17H2,1-3H3. The molecule has 108 valence electrons. The normalized spacial score (nSPS) is 12.0. The lowest BCUT2D eigenvalue weighted by Gasteiger charge is -2.24. The van der Waals surface area contributed by atoms with Crippen LogP contribution in [0.3, 0.4) is 0 Å². The van der Waals surface area contributed by atoms with Crippen LogP contribution in [-0.4, -0.2) is 19.5 Å². The Labute approximate surface area is 123 Å². The molecule has 0 spiro atoms. The summed E-state index contributed by atoms with van der Waals surface area (Å²) in [6.45, 7) is 6.93.